The molecule has 0 bridgehead atoms. The summed E-state index contributed by atoms with van der Waals surface area (Å²) in [4.78, 5) is 19.3. The van der Waals surface area contributed by atoms with E-state index in [1.54, 1.807) is 0 Å². The third-order valence-electron chi connectivity index (χ3n) is 9.67. The minimum Gasteiger partial charge on any atom is -0.492 e. The molecule has 2 aromatic carbocycles. The SMILES string of the molecule is CC1(C)OC2=C(C(=O)C3C=CC=CC3N2c2ccccc2)[C@H]2c3cc4c5c(c3OC[C@H]21)CCCN5CCC4. The molecule has 4 atom stereocenters. The number of fused-ring (bicyclic) bond motifs is 6. The summed E-state index contributed by atoms with van der Waals surface area (Å²) in [6.45, 7) is 7.17. The lowest BCUT2D eigenvalue weighted by Crippen LogP contribution is -2.57. The molecule has 6 aliphatic rings. The van der Waals surface area contributed by atoms with Gasteiger partial charge in [-0.1, -0.05) is 42.5 Å². The number of benzene rings is 2. The fraction of sp³-hybridized carbons (Fsp3) is 0.424. The molecule has 5 nitrogen and oxygen atoms in total. The van der Waals surface area contributed by atoms with Gasteiger partial charge in [0.05, 0.1) is 24.1 Å². The molecule has 0 aromatic heterocycles. The van der Waals surface area contributed by atoms with Crippen molar-refractivity contribution in [2.45, 2.75) is 57.1 Å². The van der Waals surface area contributed by atoms with Crippen LogP contribution in [0, 0.1) is 11.8 Å². The average Bonchev–Trinajstić information content (AvgIpc) is 2.94. The molecule has 5 heteroatoms. The quantitative estimate of drug-likeness (QED) is 0.497. The second-order valence-electron chi connectivity index (χ2n) is 12.2. The molecule has 38 heavy (non-hydrogen) atoms. The summed E-state index contributed by atoms with van der Waals surface area (Å²) in [6.07, 6.45) is 12.8. The summed E-state index contributed by atoms with van der Waals surface area (Å²) in [5.41, 5.74) is 6.82. The Kier molecular flexibility index (Phi) is 4.75. The standard InChI is InChI=1S/C33H34N2O3/c1-33(2)25-19-37-31-23-14-9-17-34-16-8-10-20(29(23)34)18-24(31)27(25)28-30(36)22-13-6-7-15-26(22)35(32(28)38-33)21-11-4-3-5-12-21/h3-7,11-13,15,18,22,25-27H,8-10,14,16-17,19H2,1-2H3/t22?,25-,26?,27+/m1/s1. The van der Waals surface area contributed by atoms with Crippen molar-refractivity contribution in [2.75, 3.05) is 29.5 Å². The van der Waals surface area contributed by atoms with Gasteiger partial charge in [0.2, 0.25) is 5.88 Å². The minimum atomic E-state index is -0.491. The predicted molar refractivity (Wildman–Crippen MR) is 149 cm³/mol. The Morgan fingerprint density at radius 2 is 1.79 bits per heavy atom. The highest BCUT2D eigenvalue weighted by atomic mass is 16.5. The van der Waals surface area contributed by atoms with Crippen LogP contribution < -0.4 is 14.5 Å². The fourth-order valence-electron chi connectivity index (χ4n) is 7.93. The number of ether oxygens (including phenoxy) is 2. The molecule has 0 saturated carbocycles. The largest absolute Gasteiger partial charge is 0.492 e. The van der Waals surface area contributed by atoms with Crippen LogP contribution in [0.25, 0.3) is 0 Å². The predicted octanol–water partition coefficient (Wildman–Crippen LogP) is 5.70. The van der Waals surface area contributed by atoms with Crippen LogP contribution in [0.2, 0.25) is 0 Å². The zero-order chi connectivity index (χ0) is 25.6. The van der Waals surface area contributed by atoms with E-state index < -0.39 is 5.60 Å². The Balaban J connectivity index is 1.39. The van der Waals surface area contributed by atoms with Crippen LogP contribution in [0.5, 0.6) is 5.75 Å². The van der Waals surface area contributed by atoms with Gasteiger partial charge in [-0.3, -0.25) is 4.79 Å². The smallest absolute Gasteiger partial charge is 0.202 e. The molecule has 5 heterocycles. The number of para-hydroxylation sites is 1. The molecule has 194 valence electrons. The van der Waals surface area contributed by atoms with Gasteiger partial charge in [0.25, 0.3) is 0 Å². The number of nitrogens with zero attached hydrogens (tertiary/aromatic N) is 2. The van der Waals surface area contributed by atoms with Crippen molar-refractivity contribution in [3.63, 3.8) is 0 Å². The first-order valence-corrected chi connectivity index (χ1v) is 14.3. The topological polar surface area (TPSA) is 42.0 Å². The van der Waals surface area contributed by atoms with Crippen LogP contribution >= 0.6 is 0 Å². The second-order valence-corrected chi connectivity index (χ2v) is 12.2. The number of ketones is 1. The van der Waals surface area contributed by atoms with Crippen LogP contribution in [0.4, 0.5) is 11.4 Å². The fourth-order valence-corrected chi connectivity index (χ4v) is 7.93. The lowest BCUT2D eigenvalue weighted by Gasteiger charge is -2.54. The van der Waals surface area contributed by atoms with Crippen molar-refractivity contribution in [1.82, 2.24) is 0 Å². The third kappa shape index (κ3) is 3.02. The zero-order valence-electron chi connectivity index (χ0n) is 22.2. The minimum absolute atomic E-state index is 0.0460. The lowest BCUT2D eigenvalue weighted by molar-refractivity contribution is -0.124. The first-order valence-electron chi connectivity index (χ1n) is 14.3. The molecule has 0 amide bonds. The summed E-state index contributed by atoms with van der Waals surface area (Å²) in [7, 11) is 0. The Morgan fingerprint density at radius 1 is 1.00 bits per heavy atom. The number of Topliss-reactive ketones (excluding diaryl/α,β-unsaturated/α-hetero) is 1. The maximum atomic E-state index is 14.5. The van der Waals surface area contributed by atoms with E-state index in [-0.39, 0.29) is 29.6 Å². The number of hydrogen-bond acceptors (Lipinski definition) is 5. The van der Waals surface area contributed by atoms with Crippen LogP contribution in [0.1, 0.15) is 49.3 Å². The van der Waals surface area contributed by atoms with E-state index in [1.807, 2.05) is 12.1 Å². The molecular weight excluding hydrogens is 472 g/mol. The van der Waals surface area contributed by atoms with E-state index >= 15 is 0 Å². The summed E-state index contributed by atoms with van der Waals surface area (Å²) in [5.74, 6) is 1.75. The van der Waals surface area contributed by atoms with Crippen LogP contribution in [-0.4, -0.2) is 37.1 Å². The van der Waals surface area contributed by atoms with Crippen molar-refractivity contribution >= 4 is 17.2 Å². The van der Waals surface area contributed by atoms with Gasteiger partial charge in [-0.2, -0.15) is 0 Å². The van der Waals surface area contributed by atoms with Gasteiger partial charge in [-0.25, -0.2) is 0 Å². The summed E-state index contributed by atoms with van der Waals surface area (Å²) in [6, 6.07) is 12.7. The van der Waals surface area contributed by atoms with Gasteiger partial charge in [0.1, 0.15) is 11.4 Å². The molecule has 0 fully saturated rings. The van der Waals surface area contributed by atoms with E-state index in [2.05, 4.69) is 72.2 Å². The molecule has 1 aliphatic carbocycles. The summed E-state index contributed by atoms with van der Waals surface area (Å²) in [5, 5.41) is 0. The molecule has 8 rings (SSSR count). The van der Waals surface area contributed by atoms with Crippen molar-refractivity contribution in [3.05, 3.63) is 88.8 Å². The van der Waals surface area contributed by atoms with Crippen molar-refractivity contribution in [2.24, 2.45) is 11.8 Å². The maximum absolute atomic E-state index is 14.5. The van der Waals surface area contributed by atoms with Crippen LogP contribution in [0.3, 0.4) is 0 Å². The Bertz CT molecular complexity index is 1430. The maximum Gasteiger partial charge on any atom is 0.202 e. The molecule has 2 aromatic rings. The normalized spacial score (nSPS) is 29.9. The van der Waals surface area contributed by atoms with Gasteiger partial charge in [0, 0.05) is 47.4 Å². The molecule has 5 aliphatic heterocycles. The zero-order valence-corrected chi connectivity index (χ0v) is 22.2. The number of hydrogen-bond donors (Lipinski definition) is 0. The highest BCUT2D eigenvalue weighted by Crippen LogP contribution is 2.57. The number of anilines is 2. The van der Waals surface area contributed by atoms with E-state index in [9.17, 15) is 4.79 Å². The van der Waals surface area contributed by atoms with E-state index in [4.69, 9.17) is 9.47 Å². The number of carbonyl (C=O) groups excluding carboxylic acids is 1. The monoisotopic (exact) mass is 506 g/mol. The van der Waals surface area contributed by atoms with Crippen molar-refractivity contribution in [1.29, 1.82) is 0 Å². The van der Waals surface area contributed by atoms with Gasteiger partial charge in [-0.15, -0.1) is 0 Å². The highest BCUT2D eigenvalue weighted by Gasteiger charge is 2.56. The Morgan fingerprint density at radius 3 is 2.63 bits per heavy atom. The number of carbonyl (C=O) groups is 1. The van der Waals surface area contributed by atoms with Gasteiger partial charge in [-0.05, 0) is 63.3 Å². The third-order valence-corrected chi connectivity index (χ3v) is 9.67. The van der Waals surface area contributed by atoms with Crippen LogP contribution in [-0.2, 0) is 22.4 Å². The van der Waals surface area contributed by atoms with Crippen molar-refractivity contribution < 1.29 is 14.3 Å². The molecule has 0 radical (unpaired) electrons. The molecule has 0 N–H and O–H groups in total. The Hall–Kier alpha value is -3.47. The Labute approximate surface area is 224 Å². The van der Waals surface area contributed by atoms with Gasteiger partial charge in [0.15, 0.2) is 5.78 Å². The van der Waals surface area contributed by atoms with E-state index in [0.717, 1.165) is 55.2 Å². The summed E-state index contributed by atoms with van der Waals surface area (Å²) < 4.78 is 13.5. The van der Waals surface area contributed by atoms with Gasteiger partial charge >= 0.3 is 0 Å². The van der Waals surface area contributed by atoms with E-state index in [0.29, 0.717) is 6.61 Å². The number of rotatable bonds is 1. The average molecular weight is 507 g/mol. The van der Waals surface area contributed by atoms with Crippen molar-refractivity contribution in [3.8, 4) is 5.75 Å². The lowest BCUT2D eigenvalue weighted by atomic mass is 9.65. The first kappa shape index (κ1) is 22.5. The second kappa shape index (κ2) is 8.02. The molecule has 2 unspecified atom stereocenters. The molecule has 0 saturated heterocycles. The molecule has 0 spiro atoms. The number of aryl methyl sites for hydroxylation is 1. The van der Waals surface area contributed by atoms with Gasteiger partial charge < -0.3 is 19.3 Å². The molecular formula is C33H34N2O3. The highest BCUT2D eigenvalue weighted by molar-refractivity contribution is 6.04. The van der Waals surface area contributed by atoms with Crippen LogP contribution in [0.15, 0.2) is 72.2 Å². The van der Waals surface area contributed by atoms with E-state index in [1.165, 1.54) is 28.8 Å². The number of allylic oxidation sites excluding steroid dienone is 3. The summed E-state index contributed by atoms with van der Waals surface area (Å²) >= 11 is 0. The first-order chi connectivity index (χ1) is 18.5.